The van der Waals surface area contributed by atoms with Gasteiger partial charge in [0.15, 0.2) is 4.34 Å². The van der Waals surface area contributed by atoms with Gasteiger partial charge in [-0.15, -0.1) is 10.2 Å². The van der Waals surface area contributed by atoms with E-state index in [-0.39, 0.29) is 5.69 Å². The highest BCUT2D eigenvalue weighted by molar-refractivity contribution is 8.02. The highest BCUT2D eigenvalue weighted by Gasteiger charge is 2.18. The zero-order chi connectivity index (χ0) is 16.1. The van der Waals surface area contributed by atoms with Crippen LogP contribution in [0.15, 0.2) is 28.6 Å². The normalized spacial score (nSPS) is 11.7. The van der Waals surface area contributed by atoms with Crippen LogP contribution in [0.5, 0.6) is 0 Å². The van der Waals surface area contributed by atoms with E-state index in [1.807, 2.05) is 5.32 Å². The number of primary amides is 1. The molecular weight excluding hydrogens is 329 g/mol. The number of carbonyl (C=O) groups is 2. The van der Waals surface area contributed by atoms with Crippen molar-refractivity contribution in [2.45, 2.75) is 16.5 Å². The Morgan fingerprint density at radius 3 is 2.77 bits per heavy atom. The lowest BCUT2D eigenvalue weighted by Crippen LogP contribution is -2.39. The van der Waals surface area contributed by atoms with Crippen LogP contribution in [-0.2, 0) is 4.79 Å². The molecule has 0 radical (unpaired) electrons. The number of thioether (sulfide) groups is 1. The summed E-state index contributed by atoms with van der Waals surface area (Å²) in [5, 5.41) is 12.4. The Bertz CT molecular complexity index is 694. The molecule has 1 heterocycles. The van der Waals surface area contributed by atoms with Gasteiger partial charge in [-0.1, -0.05) is 35.2 Å². The third-order valence-corrected chi connectivity index (χ3v) is 4.44. The maximum Gasteiger partial charge on any atom is 0.318 e. The number of nitrogens with two attached hydrogens (primary N) is 1. The molecule has 2 aromatic rings. The fourth-order valence-corrected chi connectivity index (χ4v) is 3.32. The van der Waals surface area contributed by atoms with Crippen molar-refractivity contribution in [3.63, 3.8) is 0 Å². The molecule has 0 aliphatic heterocycles. The van der Waals surface area contributed by atoms with Gasteiger partial charge in [-0.3, -0.25) is 10.1 Å². The second-order valence-electron chi connectivity index (χ2n) is 4.09. The number of carbonyl (C=O) groups excluding carboxylic acids is 2. The molecule has 7 nitrogen and oxygen atoms in total. The first-order valence-corrected chi connectivity index (χ1v) is 7.77. The largest absolute Gasteiger partial charge is 0.351 e. The molecule has 1 aromatic heterocycles. The van der Waals surface area contributed by atoms with E-state index < -0.39 is 23.0 Å². The molecule has 0 aliphatic carbocycles. The first-order chi connectivity index (χ1) is 10.5. The number of nitrogens with one attached hydrogen (secondary N) is 2. The van der Waals surface area contributed by atoms with E-state index in [1.54, 1.807) is 25.1 Å². The van der Waals surface area contributed by atoms with Crippen molar-refractivity contribution in [1.82, 2.24) is 15.5 Å². The van der Waals surface area contributed by atoms with Crippen LogP contribution < -0.4 is 16.4 Å². The maximum atomic E-state index is 13.5. The van der Waals surface area contributed by atoms with E-state index in [0.717, 1.165) is 11.8 Å². The fourth-order valence-electron chi connectivity index (χ4n) is 1.41. The van der Waals surface area contributed by atoms with Gasteiger partial charge in [-0.2, -0.15) is 0 Å². The predicted octanol–water partition coefficient (Wildman–Crippen LogP) is 2.10. The Hall–Kier alpha value is -2.20. The quantitative estimate of drug-likeness (QED) is 0.718. The monoisotopic (exact) mass is 341 g/mol. The summed E-state index contributed by atoms with van der Waals surface area (Å²) in [7, 11) is 0. The molecule has 0 saturated heterocycles. The van der Waals surface area contributed by atoms with Gasteiger partial charge in [-0.05, 0) is 19.1 Å². The lowest BCUT2D eigenvalue weighted by Gasteiger charge is -2.06. The molecule has 0 spiro atoms. The van der Waals surface area contributed by atoms with Crippen molar-refractivity contribution in [2.75, 3.05) is 5.32 Å². The molecule has 1 aromatic carbocycles. The lowest BCUT2D eigenvalue weighted by atomic mass is 10.3. The van der Waals surface area contributed by atoms with E-state index >= 15 is 0 Å². The Morgan fingerprint density at radius 2 is 2.09 bits per heavy atom. The van der Waals surface area contributed by atoms with Crippen LogP contribution in [-0.4, -0.2) is 27.4 Å². The zero-order valence-electron chi connectivity index (χ0n) is 11.4. The summed E-state index contributed by atoms with van der Waals surface area (Å²) in [5.74, 6) is -0.919. The molecule has 0 bridgehead atoms. The summed E-state index contributed by atoms with van der Waals surface area (Å²) >= 11 is 2.29. The maximum absolute atomic E-state index is 13.5. The zero-order valence-corrected chi connectivity index (χ0v) is 13.0. The van der Waals surface area contributed by atoms with E-state index in [0.29, 0.717) is 9.47 Å². The van der Waals surface area contributed by atoms with Gasteiger partial charge < -0.3 is 11.1 Å². The van der Waals surface area contributed by atoms with Crippen LogP contribution in [0, 0.1) is 5.82 Å². The number of hydrogen-bond donors (Lipinski definition) is 3. The highest BCUT2D eigenvalue weighted by Crippen LogP contribution is 2.30. The minimum atomic E-state index is -0.906. The molecule has 0 saturated carbocycles. The van der Waals surface area contributed by atoms with Gasteiger partial charge in [-0.25, -0.2) is 9.18 Å². The number of urea groups is 1. The number of anilines is 2. The summed E-state index contributed by atoms with van der Waals surface area (Å²) in [6.07, 6.45) is 0. The molecule has 22 heavy (non-hydrogen) atoms. The van der Waals surface area contributed by atoms with Gasteiger partial charge in [0, 0.05) is 0 Å². The van der Waals surface area contributed by atoms with Crippen molar-refractivity contribution in [1.29, 1.82) is 0 Å². The number of benzene rings is 1. The summed E-state index contributed by atoms with van der Waals surface area (Å²) in [6.45, 7) is 1.61. The fraction of sp³-hybridized carbons (Fsp3) is 0.167. The van der Waals surface area contributed by atoms with Crippen LogP contribution in [0.2, 0.25) is 0 Å². The topological polar surface area (TPSA) is 110 Å². The number of hydrogen-bond acceptors (Lipinski definition) is 7. The summed E-state index contributed by atoms with van der Waals surface area (Å²) in [4.78, 5) is 22.2. The van der Waals surface area contributed by atoms with Gasteiger partial charge in [0.05, 0.1) is 10.9 Å². The molecule has 1 atom stereocenters. The Labute approximate surface area is 133 Å². The number of halogens is 1. The smallest absolute Gasteiger partial charge is 0.318 e. The van der Waals surface area contributed by atoms with E-state index in [4.69, 9.17) is 5.73 Å². The Morgan fingerprint density at radius 1 is 1.36 bits per heavy atom. The molecule has 0 aliphatic rings. The van der Waals surface area contributed by atoms with Gasteiger partial charge >= 0.3 is 6.03 Å². The molecule has 4 N–H and O–H groups in total. The van der Waals surface area contributed by atoms with Crippen LogP contribution in [0.4, 0.5) is 20.0 Å². The highest BCUT2D eigenvalue weighted by atomic mass is 32.2. The Balaban J connectivity index is 1.98. The van der Waals surface area contributed by atoms with E-state index in [1.165, 1.54) is 17.4 Å². The van der Waals surface area contributed by atoms with Crippen molar-refractivity contribution in [3.8, 4) is 0 Å². The van der Waals surface area contributed by atoms with Crippen molar-refractivity contribution in [2.24, 2.45) is 5.73 Å². The third kappa shape index (κ3) is 4.40. The molecule has 116 valence electrons. The Kier molecular flexibility index (Phi) is 5.28. The van der Waals surface area contributed by atoms with Crippen LogP contribution in [0.1, 0.15) is 6.92 Å². The summed E-state index contributed by atoms with van der Waals surface area (Å²) in [6, 6.07) is 5.28. The molecular formula is C12H12FN5O2S2. The van der Waals surface area contributed by atoms with E-state index in [2.05, 4.69) is 15.5 Å². The SMILES string of the molecule is C[C@@H](Sc1nnc(Nc2ccccc2F)s1)C(=O)NC(N)=O. The molecule has 0 unspecified atom stereocenters. The van der Waals surface area contributed by atoms with Gasteiger partial charge in [0.1, 0.15) is 5.82 Å². The number of imide groups is 1. The number of amides is 3. The second kappa shape index (κ2) is 7.18. The van der Waals surface area contributed by atoms with Crippen LogP contribution >= 0.6 is 23.1 Å². The van der Waals surface area contributed by atoms with E-state index in [9.17, 15) is 14.0 Å². The second-order valence-corrected chi connectivity index (χ2v) is 6.66. The molecule has 3 amide bonds. The first kappa shape index (κ1) is 16.2. The average molecular weight is 341 g/mol. The van der Waals surface area contributed by atoms with Crippen LogP contribution in [0.25, 0.3) is 0 Å². The van der Waals surface area contributed by atoms with Crippen molar-refractivity contribution >= 4 is 45.9 Å². The van der Waals surface area contributed by atoms with Gasteiger partial charge in [0.2, 0.25) is 11.0 Å². The number of rotatable bonds is 5. The van der Waals surface area contributed by atoms with Crippen molar-refractivity contribution in [3.05, 3.63) is 30.1 Å². The minimum Gasteiger partial charge on any atom is -0.351 e. The lowest BCUT2D eigenvalue weighted by molar-refractivity contribution is -0.119. The first-order valence-electron chi connectivity index (χ1n) is 6.07. The average Bonchev–Trinajstić information content (AvgIpc) is 2.88. The van der Waals surface area contributed by atoms with Gasteiger partial charge in [0.25, 0.3) is 0 Å². The molecule has 10 heteroatoms. The molecule has 2 rings (SSSR count). The summed E-state index contributed by atoms with van der Waals surface area (Å²) in [5.41, 5.74) is 5.16. The standard InChI is InChI=1S/C12H12FN5O2S2/c1-6(9(19)16-10(14)20)21-12-18-17-11(22-12)15-8-5-3-2-4-7(8)13/h2-6H,1H3,(H,15,17)(H3,14,16,19,20)/t6-/m1/s1. The molecule has 0 fully saturated rings. The number of para-hydroxylation sites is 1. The minimum absolute atomic E-state index is 0.287. The predicted molar refractivity (Wildman–Crippen MR) is 82.6 cm³/mol. The van der Waals surface area contributed by atoms with Crippen LogP contribution in [0.3, 0.4) is 0 Å². The van der Waals surface area contributed by atoms with Crippen molar-refractivity contribution < 1.29 is 14.0 Å². The number of nitrogens with zero attached hydrogens (tertiary/aromatic N) is 2. The number of aromatic nitrogens is 2. The summed E-state index contributed by atoms with van der Waals surface area (Å²) < 4.78 is 14.0. The third-order valence-electron chi connectivity index (χ3n) is 2.42.